The smallest absolute Gasteiger partial charge is 0.280 e. The van der Waals surface area contributed by atoms with Crippen LogP contribution in [0, 0.1) is 5.82 Å². The minimum Gasteiger partial charge on any atom is -0.480 e. The predicted molar refractivity (Wildman–Crippen MR) is 151 cm³/mol. The first-order valence-corrected chi connectivity index (χ1v) is 13.9. The molecular formula is C29H23Cl2FN6O3. The summed E-state index contributed by atoms with van der Waals surface area (Å²) in [6.07, 6.45) is 3.69. The van der Waals surface area contributed by atoms with Crippen molar-refractivity contribution >= 4 is 46.4 Å². The van der Waals surface area contributed by atoms with E-state index in [0.717, 1.165) is 18.9 Å². The van der Waals surface area contributed by atoms with E-state index in [1.54, 1.807) is 24.4 Å². The zero-order valence-electron chi connectivity index (χ0n) is 22.2. The number of carbonyl (C=O) groups excluding carboxylic acids is 2. The van der Waals surface area contributed by atoms with Gasteiger partial charge in [0, 0.05) is 39.5 Å². The number of nitrogens with one attached hydrogen (secondary N) is 1. The lowest BCUT2D eigenvalue weighted by Gasteiger charge is -2.35. The van der Waals surface area contributed by atoms with Gasteiger partial charge in [-0.1, -0.05) is 29.3 Å². The quantitative estimate of drug-likeness (QED) is 0.300. The molecule has 208 valence electrons. The molecule has 0 bridgehead atoms. The lowest BCUT2D eigenvalue weighted by atomic mass is 9.87. The van der Waals surface area contributed by atoms with E-state index in [4.69, 9.17) is 32.9 Å². The predicted octanol–water partition coefficient (Wildman–Crippen LogP) is 6.11. The fourth-order valence-electron chi connectivity index (χ4n) is 5.92. The Bertz CT molecular complexity index is 1780. The van der Waals surface area contributed by atoms with Crippen molar-refractivity contribution in [3.63, 3.8) is 0 Å². The molecule has 2 aliphatic heterocycles. The highest BCUT2D eigenvalue weighted by Crippen LogP contribution is 2.55. The van der Waals surface area contributed by atoms with E-state index in [1.807, 2.05) is 18.4 Å². The number of methoxy groups -OCH3 is 1. The van der Waals surface area contributed by atoms with E-state index in [0.29, 0.717) is 51.0 Å². The number of anilines is 2. The first kappa shape index (κ1) is 25.9. The van der Waals surface area contributed by atoms with Crippen LogP contribution in [0.1, 0.15) is 66.2 Å². The second-order valence-electron chi connectivity index (χ2n) is 10.6. The van der Waals surface area contributed by atoms with Gasteiger partial charge in [-0.25, -0.2) is 14.4 Å². The molecule has 1 spiro atoms. The maximum atomic E-state index is 14.7. The number of rotatable bonds is 5. The van der Waals surface area contributed by atoms with Crippen LogP contribution in [0.15, 0.2) is 42.6 Å². The lowest BCUT2D eigenvalue weighted by molar-refractivity contribution is -0.119. The Morgan fingerprint density at radius 3 is 2.56 bits per heavy atom. The number of imidazole rings is 1. The molecule has 4 aromatic rings. The SMILES string of the molecule is COc1nc(C2CC2)ncc1-c1nc2c(n1C(C)C)[C@@]1(C(=O)Nc3cc(Cl)ccc31)N(c1cc(F)cc(Cl)c1)C2=O. The number of carbonyl (C=O) groups is 2. The summed E-state index contributed by atoms with van der Waals surface area (Å²) in [6.45, 7) is 3.85. The molecule has 2 amide bonds. The fourth-order valence-corrected chi connectivity index (χ4v) is 6.31. The van der Waals surface area contributed by atoms with Crippen molar-refractivity contribution in [1.82, 2.24) is 19.5 Å². The number of hydrogen-bond donors (Lipinski definition) is 1. The van der Waals surface area contributed by atoms with Crippen LogP contribution in [0.4, 0.5) is 15.8 Å². The van der Waals surface area contributed by atoms with Crippen LogP contribution in [-0.2, 0) is 10.3 Å². The highest BCUT2D eigenvalue weighted by molar-refractivity contribution is 6.32. The third kappa shape index (κ3) is 3.63. The van der Waals surface area contributed by atoms with Gasteiger partial charge in [-0.05, 0) is 57.0 Å². The van der Waals surface area contributed by atoms with E-state index in [2.05, 4.69) is 15.3 Å². The van der Waals surface area contributed by atoms with Gasteiger partial charge in [0.25, 0.3) is 11.8 Å². The zero-order chi connectivity index (χ0) is 28.8. The molecule has 9 nitrogen and oxygen atoms in total. The molecule has 1 aliphatic carbocycles. The van der Waals surface area contributed by atoms with Crippen LogP contribution >= 0.6 is 23.2 Å². The van der Waals surface area contributed by atoms with Crippen LogP contribution in [0.3, 0.4) is 0 Å². The highest BCUT2D eigenvalue weighted by atomic mass is 35.5. The molecule has 3 aliphatic rings. The second-order valence-corrected chi connectivity index (χ2v) is 11.5. The Morgan fingerprint density at radius 2 is 1.88 bits per heavy atom. The van der Waals surface area contributed by atoms with Gasteiger partial charge in [0.1, 0.15) is 17.5 Å². The highest BCUT2D eigenvalue weighted by Gasteiger charge is 2.64. The minimum atomic E-state index is -1.74. The Labute approximate surface area is 244 Å². The first-order valence-electron chi connectivity index (χ1n) is 13.1. The van der Waals surface area contributed by atoms with Crippen molar-refractivity contribution in [1.29, 1.82) is 0 Å². The van der Waals surface area contributed by atoms with Gasteiger partial charge in [0.2, 0.25) is 5.88 Å². The van der Waals surface area contributed by atoms with Crippen LogP contribution in [-0.4, -0.2) is 38.4 Å². The van der Waals surface area contributed by atoms with Gasteiger partial charge in [0.15, 0.2) is 11.2 Å². The molecule has 4 heterocycles. The van der Waals surface area contributed by atoms with E-state index in [1.165, 1.54) is 24.1 Å². The molecule has 1 saturated carbocycles. The number of halogens is 3. The second kappa shape index (κ2) is 8.99. The normalized spacial score (nSPS) is 19.2. The molecule has 1 N–H and O–H groups in total. The summed E-state index contributed by atoms with van der Waals surface area (Å²) in [5.41, 5.74) is 0.144. The molecule has 41 heavy (non-hydrogen) atoms. The summed E-state index contributed by atoms with van der Waals surface area (Å²) in [5, 5.41) is 3.37. The lowest BCUT2D eigenvalue weighted by Crippen LogP contribution is -2.51. The van der Waals surface area contributed by atoms with Gasteiger partial charge in [-0.2, -0.15) is 4.98 Å². The molecule has 0 saturated heterocycles. The number of fused-ring (bicyclic) bond motifs is 4. The number of ether oxygens (including phenoxy) is 1. The maximum absolute atomic E-state index is 14.7. The van der Waals surface area contributed by atoms with Crippen molar-refractivity contribution in [2.75, 3.05) is 17.3 Å². The van der Waals surface area contributed by atoms with Gasteiger partial charge in [-0.15, -0.1) is 0 Å². The largest absolute Gasteiger partial charge is 0.480 e. The van der Waals surface area contributed by atoms with Crippen molar-refractivity contribution in [3.05, 3.63) is 81.2 Å². The maximum Gasteiger partial charge on any atom is 0.280 e. The molecule has 1 fully saturated rings. The van der Waals surface area contributed by atoms with Crippen LogP contribution in [0.25, 0.3) is 11.4 Å². The van der Waals surface area contributed by atoms with Crippen molar-refractivity contribution in [2.24, 2.45) is 0 Å². The van der Waals surface area contributed by atoms with Gasteiger partial charge < -0.3 is 14.6 Å². The number of benzene rings is 2. The topological polar surface area (TPSA) is 102 Å². The van der Waals surface area contributed by atoms with Crippen molar-refractivity contribution in [2.45, 2.75) is 44.2 Å². The molecular weight excluding hydrogens is 570 g/mol. The van der Waals surface area contributed by atoms with Gasteiger partial charge in [-0.3, -0.25) is 14.5 Å². The van der Waals surface area contributed by atoms with Crippen LogP contribution in [0.5, 0.6) is 5.88 Å². The summed E-state index contributed by atoms with van der Waals surface area (Å²) in [5.74, 6) is -0.0504. The molecule has 2 aromatic heterocycles. The van der Waals surface area contributed by atoms with Crippen LogP contribution < -0.4 is 15.0 Å². The minimum absolute atomic E-state index is 0.0420. The third-order valence-electron chi connectivity index (χ3n) is 7.71. The van der Waals surface area contributed by atoms with Crippen molar-refractivity contribution < 1.29 is 18.7 Å². The summed E-state index contributed by atoms with van der Waals surface area (Å²) in [6, 6.07) is 8.43. The number of nitrogens with zero attached hydrogens (tertiary/aromatic N) is 5. The van der Waals surface area contributed by atoms with Gasteiger partial charge >= 0.3 is 0 Å². The standard InChI is InChI=1S/C29H23Cl2FN6O3/c1-13(2)37-23-22(35-25(37)19-12-33-24(14-4-5-14)36-26(19)41-3)27(39)38(18-9-16(31)8-17(32)11-18)29(23)20-7-6-15(30)10-21(20)34-28(29)40/h6-14H,4-5H2,1-3H3,(H,34,40)/t29-/m0/s1. The van der Waals surface area contributed by atoms with E-state index in [9.17, 15) is 14.0 Å². The van der Waals surface area contributed by atoms with Crippen molar-refractivity contribution in [3.8, 4) is 17.3 Å². The molecule has 2 aromatic carbocycles. The zero-order valence-corrected chi connectivity index (χ0v) is 23.7. The molecule has 7 rings (SSSR count). The van der Waals surface area contributed by atoms with Gasteiger partial charge in [0.05, 0.1) is 24.1 Å². The number of hydrogen-bond acceptors (Lipinski definition) is 6. The van der Waals surface area contributed by atoms with E-state index >= 15 is 0 Å². The number of amides is 2. The molecule has 1 atom stereocenters. The summed E-state index contributed by atoms with van der Waals surface area (Å²) in [7, 11) is 1.52. The third-order valence-corrected chi connectivity index (χ3v) is 8.17. The van der Waals surface area contributed by atoms with E-state index < -0.39 is 23.2 Å². The molecule has 0 radical (unpaired) electrons. The monoisotopic (exact) mass is 592 g/mol. The summed E-state index contributed by atoms with van der Waals surface area (Å²) >= 11 is 12.5. The Balaban J connectivity index is 1.55. The summed E-state index contributed by atoms with van der Waals surface area (Å²) in [4.78, 5) is 43.8. The molecule has 0 unspecified atom stereocenters. The fraction of sp³-hybridized carbons (Fsp3) is 0.276. The Kier molecular flexibility index (Phi) is 5.68. The molecule has 12 heteroatoms. The van der Waals surface area contributed by atoms with Crippen LogP contribution in [0.2, 0.25) is 10.0 Å². The summed E-state index contributed by atoms with van der Waals surface area (Å²) < 4.78 is 22.1. The average molecular weight is 593 g/mol. The Morgan fingerprint density at radius 1 is 1.10 bits per heavy atom. The first-order chi connectivity index (χ1) is 19.6. The van der Waals surface area contributed by atoms with E-state index in [-0.39, 0.29) is 22.4 Å². The average Bonchev–Trinajstić information content (AvgIpc) is 3.57. The Hall–Kier alpha value is -4.02. The number of aromatic nitrogens is 4.